The number of halogens is 1. The average molecular weight is 564 g/mol. The summed E-state index contributed by atoms with van der Waals surface area (Å²) in [4.78, 5) is 22.1. The molecular weight excluding hydrogens is 534 g/mol. The highest BCUT2D eigenvalue weighted by molar-refractivity contribution is 7.23. The summed E-state index contributed by atoms with van der Waals surface area (Å²) in [6.07, 6.45) is 0.931. The first-order valence-electron chi connectivity index (χ1n) is 12.6. The fourth-order valence-corrected chi connectivity index (χ4v) is 7.41. The van der Waals surface area contributed by atoms with Gasteiger partial charge in [-0.2, -0.15) is 5.10 Å². The van der Waals surface area contributed by atoms with E-state index in [1.54, 1.807) is 22.7 Å². The van der Waals surface area contributed by atoms with Gasteiger partial charge < -0.3 is 5.32 Å². The second kappa shape index (κ2) is 11.0. The van der Waals surface area contributed by atoms with Crippen molar-refractivity contribution < 1.29 is 4.79 Å². The molecule has 3 aromatic heterocycles. The number of anilines is 1. The number of amides is 1. The molecule has 0 fully saturated rings. The van der Waals surface area contributed by atoms with E-state index in [2.05, 4.69) is 71.6 Å². The number of hydrogen-bond donors (Lipinski definition) is 1. The number of aryl methyl sites for hydroxylation is 1. The first-order valence-corrected chi connectivity index (χ1v) is 14.2. The summed E-state index contributed by atoms with van der Waals surface area (Å²) in [5, 5.41) is 9.63. The molecule has 1 aliphatic heterocycles. The van der Waals surface area contributed by atoms with Gasteiger partial charge in [-0.3, -0.25) is 14.4 Å². The third-order valence-corrected chi connectivity index (χ3v) is 8.95. The van der Waals surface area contributed by atoms with Gasteiger partial charge in [0.15, 0.2) is 5.69 Å². The lowest BCUT2D eigenvalue weighted by atomic mass is 10.0. The number of rotatable bonds is 6. The molecule has 2 aromatic carbocycles. The molecule has 0 unspecified atom stereocenters. The summed E-state index contributed by atoms with van der Waals surface area (Å²) in [7, 11) is 0. The zero-order valence-corrected chi connectivity index (χ0v) is 24.1. The molecule has 0 bridgehead atoms. The van der Waals surface area contributed by atoms with Crippen LogP contribution in [0, 0.1) is 6.92 Å². The quantitative estimate of drug-likeness (QED) is 0.235. The van der Waals surface area contributed by atoms with E-state index in [4.69, 9.17) is 4.98 Å². The number of para-hydroxylation sites is 1. The van der Waals surface area contributed by atoms with Crippen LogP contribution in [-0.4, -0.2) is 32.1 Å². The lowest BCUT2D eigenvalue weighted by Gasteiger charge is -2.27. The Kier molecular flexibility index (Phi) is 7.68. The van der Waals surface area contributed by atoms with Gasteiger partial charge in [0.25, 0.3) is 5.91 Å². The van der Waals surface area contributed by atoms with Crippen LogP contribution in [0.15, 0.2) is 60.7 Å². The first-order chi connectivity index (χ1) is 18.0. The number of thiophene rings is 1. The lowest BCUT2D eigenvalue weighted by Crippen LogP contribution is -2.29. The molecule has 6 rings (SSSR count). The fraction of sp³-hybridized carbons (Fsp3) is 0.276. The number of carbonyl (C=O) groups excluding carboxylic acids is 1. The minimum absolute atomic E-state index is 0. The third-order valence-electron chi connectivity index (χ3n) is 6.76. The zero-order valence-electron chi connectivity index (χ0n) is 21.6. The normalized spacial score (nSPS) is 13.5. The van der Waals surface area contributed by atoms with E-state index in [1.165, 1.54) is 16.0 Å². The van der Waals surface area contributed by atoms with Gasteiger partial charge in [-0.15, -0.1) is 35.1 Å². The highest BCUT2D eigenvalue weighted by atomic mass is 35.5. The van der Waals surface area contributed by atoms with Gasteiger partial charge in [0.05, 0.1) is 10.2 Å². The van der Waals surface area contributed by atoms with Crippen LogP contribution in [0.3, 0.4) is 0 Å². The summed E-state index contributed by atoms with van der Waals surface area (Å²) in [6, 6.07) is 20.9. The largest absolute Gasteiger partial charge is 0.312 e. The smallest absolute Gasteiger partial charge is 0.276 e. The Bertz CT molecular complexity index is 1550. The van der Waals surface area contributed by atoms with E-state index < -0.39 is 0 Å². The van der Waals surface area contributed by atoms with Crippen LogP contribution in [0.2, 0.25) is 0 Å². The summed E-state index contributed by atoms with van der Waals surface area (Å²) in [5.41, 5.74) is 6.12. The van der Waals surface area contributed by atoms with E-state index >= 15 is 0 Å². The molecule has 0 atom stereocenters. The van der Waals surface area contributed by atoms with Crippen LogP contribution in [0.5, 0.6) is 0 Å². The maximum absolute atomic E-state index is 13.4. The molecule has 38 heavy (non-hydrogen) atoms. The van der Waals surface area contributed by atoms with Crippen LogP contribution in [0.1, 0.15) is 52.1 Å². The predicted octanol–water partition coefficient (Wildman–Crippen LogP) is 7.34. The second-order valence-electron chi connectivity index (χ2n) is 9.80. The van der Waals surface area contributed by atoms with Crippen molar-refractivity contribution in [1.29, 1.82) is 0 Å². The number of thiazole rings is 1. The number of benzene rings is 2. The van der Waals surface area contributed by atoms with Crippen LogP contribution >= 0.6 is 35.1 Å². The molecule has 4 heterocycles. The number of aromatic nitrogens is 3. The molecule has 6 nitrogen and oxygen atoms in total. The van der Waals surface area contributed by atoms with Crippen molar-refractivity contribution in [2.45, 2.75) is 46.3 Å². The van der Waals surface area contributed by atoms with Gasteiger partial charge in [-0.05, 0) is 56.5 Å². The van der Waals surface area contributed by atoms with Crippen molar-refractivity contribution in [1.82, 2.24) is 19.7 Å². The molecule has 9 heteroatoms. The van der Waals surface area contributed by atoms with Gasteiger partial charge in [0.1, 0.15) is 10.0 Å². The van der Waals surface area contributed by atoms with Crippen molar-refractivity contribution in [2.24, 2.45) is 0 Å². The van der Waals surface area contributed by atoms with Gasteiger partial charge in [-0.1, -0.05) is 42.5 Å². The predicted molar refractivity (Wildman–Crippen MR) is 160 cm³/mol. The highest BCUT2D eigenvalue weighted by Gasteiger charge is 2.28. The lowest BCUT2D eigenvalue weighted by molar-refractivity contribution is 0.102. The molecule has 1 N–H and O–H groups in total. The molecule has 0 radical (unpaired) electrons. The van der Waals surface area contributed by atoms with Crippen molar-refractivity contribution in [2.75, 3.05) is 11.9 Å². The Labute approximate surface area is 236 Å². The fourth-order valence-electron chi connectivity index (χ4n) is 5.02. The van der Waals surface area contributed by atoms with Crippen LogP contribution in [0.25, 0.3) is 20.8 Å². The Morgan fingerprint density at radius 2 is 1.84 bits per heavy atom. The van der Waals surface area contributed by atoms with Crippen LogP contribution in [-0.2, 0) is 19.5 Å². The van der Waals surface area contributed by atoms with Crippen molar-refractivity contribution in [3.8, 4) is 10.6 Å². The van der Waals surface area contributed by atoms with Gasteiger partial charge in [0, 0.05) is 41.8 Å². The Balaban J connectivity index is 0.00000294. The van der Waals surface area contributed by atoms with E-state index in [9.17, 15) is 4.79 Å². The molecular formula is C29H30ClN5OS2. The molecule has 1 aliphatic rings. The second-order valence-corrected chi connectivity index (χ2v) is 11.9. The minimum Gasteiger partial charge on any atom is -0.312 e. The standard InChI is InChI=1S/C29H29N5OS2.ClH/c1-18(2)34-19(3)15-23(32-34)27(35)31-29-26(28-30-22-11-7-8-12-24(22)36-28)21-13-14-33(17-25(21)37-29)16-20-9-5-4-6-10-20;/h4-12,15,18H,13-14,16-17H2,1-3H3,(H,31,35);1H. The summed E-state index contributed by atoms with van der Waals surface area (Å²) in [6.45, 7) is 8.89. The van der Waals surface area contributed by atoms with Gasteiger partial charge in [0.2, 0.25) is 0 Å². The molecule has 196 valence electrons. The SMILES string of the molecule is Cc1cc(C(=O)Nc2sc3c(c2-c2nc4ccccc4s2)CCN(Cc2ccccc2)C3)nn1C(C)C.Cl. The maximum atomic E-state index is 13.4. The molecule has 0 saturated heterocycles. The topological polar surface area (TPSA) is 63.1 Å². The van der Waals surface area contributed by atoms with E-state index in [1.807, 2.05) is 29.8 Å². The molecule has 1 amide bonds. The molecule has 0 spiro atoms. The number of nitrogens with zero attached hydrogens (tertiary/aromatic N) is 4. The number of carbonyl (C=O) groups is 1. The monoisotopic (exact) mass is 563 g/mol. The highest BCUT2D eigenvalue weighted by Crippen LogP contribution is 2.46. The summed E-state index contributed by atoms with van der Waals surface area (Å²) < 4.78 is 3.05. The minimum atomic E-state index is -0.176. The van der Waals surface area contributed by atoms with Gasteiger partial charge >= 0.3 is 0 Å². The third kappa shape index (κ3) is 5.14. The number of hydrogen-bond acceptors (Lipinski definition) is 6. The Morgan fingerprint density at radius 1 is 1.08 bits per heavy atom. The zero-order chi connectivity index (χ0) is 25.5. The van der Waals surface area contributed by atoms with E-state index in [-0.39, 0.29) is 24.4 Å². The Hall–Kier alpha value is -3.04. The summed E-state index contributed by atoms with van der Waals surface area (Å²) in [5.74, 6) is -0.176. The van der Waals surface area contributed by atoms with Crippen molar-refractivity contribution in [3.63, 3.8) is 0 Å². The van der Waals surface area contributed by atoms with E-state index in [0.717, 1.165) is 57.5 Å². The molecule has 0 aliphatic carbocycles. The van der Waals surface area contributed by atoms with Crippen molar-refractivity contribution in [3.05, 3.63) is 88.1 Å². The Morgan fingerprint density at radius 3 is 2.58 bits per heavy atom. The number of fused-ring (bicyclic) bond motifs is 2. The number of nitrogens with one attached hydrogen (secondary N) is 1. The molecule has 5 aromatic rings. The van der Waals surface area contributed by atoms with Crippen LogP contribution < -0.4 is 5.32 Å². The average Bonchev–Trinajstić information content (AvgIpc) is 3.58. The summed E-state index contributed by atoms with van der Waals surface area (Å²) >= 11 is 3.37. The molecule has 0 saturated carbocycles. The van der Waals surface area contributed by atoms with Gasteiger partial charge in [-0.25, -0.2) is 4.98 Å². The maximum Gasteiger partial charge on any atom is 0.276 e. The van der Waals surface area contributed by atoms with Crippen molar-refractivity contribution >= 4 is 56.2 Å². The first kappa shape index (κ1) is 26.6. The van der Waals surface area contributed by atoms with E-state index in [0.29, 0.717) is 5.69 Å². The van der Waals surface area contributed by atoms with Crippen LogP contribution in [0.4, 0.5) is 5.00 Å².